The Kier molecular flexibility index (Phi) is 8.93. The van der Waals surface area contributed by atoms with Crippen molar-refractivity contribution in [2.75, 3.05) is 25.1 Å². The highest BCUT2D eigenvalue weighted by molar-refractivity contribution is 7.87. The first kappa shape index (κ1) is 27.0. The van der Waals surface area contributed by atoms with Gasteiger partial charge in [0.2, 0.25) is 5.91 Å². The Balaban J connectivity index is 1.97. The van der Waals surface area contributed by atoms with Crippen LogP contribution in [0.3, 0.4) is 0 Å². The van der Waals surface area contributed by atoms with E-state index in [1.807, 2.05) is 19.9 Å². The van der Waals surface area contributed by atoms with Crippen molar-refractivity contribution in [3.63, 3.8) is 0 Å². The molecule has 0 saturated heterocycles. The molecule has 7 nitrogen and oxygen atoms in total. The van der Waals surface area contributed by atoms with Gasteiger partial charge in [0.1, 0.15) is 22.2 Å². The zero-order valence-electron chi connectivity index (χ0n) is 20.9. The summed E-state index contributed by atoms with van der Waals surface area (Å²) in [5.41, 5.74) is 2.08. The normalized spacial score (nSPS) is 11.1. The van der Waals surface area contributed by atoms with Gasteiger partial charge in [-0.3, -0.25) is 4.79 Å². The molecule has 0 bridgehead atoms. The van der Waals surface area contributed by atoms with Gasteiger partial charge in [-0.1, -0.05) is 18.2 Å². The van der Waals surface area contributed by atoms with E-state index in [0.717, 1.165) is 24.3 Å². The van der Waals surface area contributed by atoms with Crippen LogP contribution in [0.5, 0.6) is 11.5 Å². The summed E-state index contributed by atoms with van der Waals surface area (Å²) in [6, 6.07) is 17.1. The smallest absolute Gasteiger partial charge is 0.339 e. The molecule has 0 aliphatic rings. The zero-order valence-corrected chi connectivity index (χ0v) is 21.7. The van der Waals surface area contributed by atoms with Crippen LogP contribution < -0.4 is 13.8 Å². The quantitative estimate of drug-likeness (QED) is 0.335. The first-order valence-electron chi connectivity index (χ1n) is 11.6. The summed E-state index contributed by atoms with van der Waals surface area (Å²) in [6.45, 7) is 7.24. The largest absolute Gasteiger partial charge is 0.497 e. The monoisotopic (exact) mass is 514 g/mol. The average molecular weight is 515 g/mol. The molecule has 3 aromatic rings. The van der Waals surface area contributed by atoms with Crippen LogP contribution in [0, 0.1) is 5.82 Å². The maximum atomic E-state index is 13.3. The van der Waals surface area contributed by atoms with Crippen molar-refractivity contribution in [3.05, 3.63) is 83.7 Å². The summed E-state index contributed by atoms with van der Waals surface area (Å²) in [4.78, 5) is 16.0. The predicted octanol–water partition coefficient (Wildman–Crippen LogP) is 5.00. The molecule has 1 amide bonds. The van der Waals surface area contributed by atoms with Gasteiger partial charge < -0.3 is 18.7 Å². The second-order valence-electron chi connectivity index (χ2n) is 8.18. The fourth-order valence-corrected chi connectivity index (χ4v) is 4.70. The highest BCUT2D eigenvalue weighted by Crippen LogP contribution is 2.30. The molecule has 9 heteroatoms. The number of carbonyl (C=O) groups excluding carboxylic acids is 1. The molecule has 36 heavy (non-hydrogen) atoms. The fraction of sp³-hybridized carbons (Fsp3) is 0.296. The van der Waals surface area contributed by atoms with Crippen LogP contribution in [0.1, 0.15) is 31.9 Å². The molecule has 0 spiro atoms. The summed E-state index contributed by atoms with van der Waals surface area (Å²) in [7, 11) is -2.66. The van der Waals surface area contributed by atoms with Gasteiger partial charge in [0, 0.05) is 50.4 Å². The second-order valence-corrected chi connectivity index (χ2v) is 9.73. The lowest BCUT2D eigenvalue weighted by molar-refractivity contribution is -0.130. The maximum Gasteiger partial charge on any atom is 0.339 e. The van der Waals surface area contributed by atoms with E-state index >= 15 is 0 Å². The van der Waals surface area contributed by atoms with Gasteiger partial charge >= 0.3 is 10.1 Å². The van der Waals surface area contributed by atoms with Gasteiger partial charge in [-0.15, -0.1) is 0 Å². The molecule has 0 saturated carbocycles. The highest BCUT2D eigenvalue weighted by Gasteiger charge is 2.22. The Hall–Kier alpha value is -3.59. The molecule has 0 N–H and O–H groups in total. The first-order valence-corrected chi connectivity index (χ1v) is 13.0. The minimum Gasteiger partial charge on any atom is -0.497 e. The van der Waals surface area contributed by atoms with Crippen molar-refractivity contribution in [1.29, 1.82) is 0 Å². The molecule has 0 aliphatic carbocycles. The van der Waals surface area contributed by atoms with Crippen LogP contribution in [0.4, 0.5) is 10.1 Å². The number of benzene rings is 3. The van der Waals surface area contributed by atoms with Crippen molar-refractivity contribution < 1.29 is 26.5 Å². The fourth-order valence-electron chi connectivity index (χ4n) is 3.74. The topological polar surface area (TPSA) is 76.2 Å². The van der Waals surface area contributed by atoms with E-state index in [4.69, 9.17) is 8.92 Å². The number of ether oxygens (including phenoxy) is 1. The molecule has 0 aliphatic heterocycles. The van der Waals surface area contributed by atoms with Crippen molar-refractivity contribution in [1.82, 2.24) is 4.90 Å². The summed E-state index contributed by atoms with van der Waals surface area (Å²) in [5, 5.41) is 0. The van der Waals surface area contributed by atoms with Crippen molar-refractivity contribution in [2.45, 2.75) is 38.8 Å². The van der Waals surface area contributed by atoms with Gasteiger partial charge in [0.25, 0.3) is 0 Å². The summed E-state index contributed by atoms with van der Waals surface area (Å²) < 4.78 is 50.3. The second kappa shape index (κ2) is 11.9. The lowest BCUT2D eigenvalue weighted by Gasteiger charge is -2.25. The third-order valence-corrected chi connectivity index (χ3v) is 7.07. The molecule has 0 fully saturated rings. The average Bonchev–Trinajstić information content (AvgIpc) is 2.86. The molecule has 0 heterocycles. The van der Waals surface area contributed by atoms with Crippen molar-refractivity contribution in [2.24, 2.45) is 0 Å². The Morgan fingerprint density at radius 2 is 1.56 bits per heavy atom. The van der Waals surface area contributed by atoms with E-state index < -0.39 is 10.1 Å². The Morgan fingerprint density at radius 1 is 0.917 bits per heavy atom. The number of amides is 1. The summed E-state index contributed by atoms with van der Waals surface area (Å²) >= 11 is 0. The minimum atomic E-state index is -4.16. The van der Waals surface area contributed by atoms with Gasteiger partial charge in [-0.25, -0.2) is 4.39 Å². The molecule has 3 aromatic carbocycles. The van der Waals surface area contributed by atoms with E-state index in [1.54, 1.807) is 41.3 Å². The van der Waals surface area contributed by atoms with E-state index in [-0.39, 0.29) is 35.5 Å². The molecule has 0 unspecified atom stereocenters. The van der Waals surface area contributed by atoms with Crippen LogP contribution in [0.15, 0.2) is 71.6 Å². The van der Waals surface area contributed by atoms with E-state index in [9.17, 15) is 17.6 Å². The zero-order chi connectivity index (χ0) is 26.3. The highest BCUT2D eigenvalue weighted by atomic mass is 32.2. The third kappa shape index (κ3) is 6.75. The summed E-state index contributed by atoms with van der Waals surface area (Å²) in [6.07, 6.45) is 0. The number of carbonyl (C=O) groups is 1. The van der Waals surface area contributed by atoms with Crippen LogP contribution >= 0.6 is 0 Å². The molecule has 3 rings (SSSR count). The number of rotatable bonds is 11. The number of hydrogen-bond acceptors (Lipinski definition) is 6. The Bertz CT molecular complexity index is 1270. The number of anilines is 1. The van der Waals surface area contributed by atoms with Crippen molar-refractivity contribution in [3.8, 4) is 11.5 Å². The van der Waals surface area contributed by atoms with Gasteiger partial charge in [-0.05, 0) is 61.9 Å². The Labute approximate surface area is 212 Å². The number of methoxy groups -OCH3 is 1. The summed E-state index contributed by atoms with van der Waals surface area (Å²) in [5.74, 6) is 0.0901. The molecule has 0 radical (unpaired) electrons. The standard InChI is InChI=1S/C27H31FN2O5S/c1-5-29(6-2)24-12-9-22(19-30(20(3)31)18-21-7-10-23(28)11-8-21)27(17-24)35-36(32,33)26-15-13-25(34-4)14-16-26/h7-17H,5-6,18-19H2,1-4H3. The van der Waals surface area contributed by atoms with Gasteiger partial charge in [0.15, 0.2) is 0 Å². The lowest BCUT2D eigenvalue weighted by atomic mass is 10.1. The third-order valence-electron chi connectivity index (χ3n) is 5.82. The lowest BCUT2D eigenvalue weighted by Crippen LogP contribution is -2.28. The molecule has 192 valence electrons. The van der Waals surface area contributed by atoms with E-state index in [1.165, 1.54) is 38.3 Å². The SMILES string of the molecule is CCN(CC)c1ccc(CN(Cc2ccc(F)cc2)C(C)=O)c(OS(=O)(=O)c2ccc(OC)cc2)c1. The molecule has 0 atom stereocenters. The van der Waals surface area contributed by atoms with Crippen LogP contribution in [0.25, 0.3) is 0 Å². The molecular weight excluding hydrogens is 483 g/mol. The molecule has 0 aromatic heterocycles. The van der Waals surface area contributed by atoms with E-state index in [2.05, 4.69) is 4.90 Å². The molecular formula is C27H31FN2O5S. The van der Waals surface area contributed by atoms with Crippen LogP contribution in [0.2, 0.25) is 0 Å². The Morgan fingerprint density at radius 3 is 2.11 bits per heavy atom. The first-order chi connectivity index (χ1) is 17.2. The van der Waals surface area contributed by atoms with Crippen molar-refractivity contribution >= 4 is 21.7 Å². The number of hydrogen-bond donors (Lipinski definition) is 0. The predicted molar refractivity (Wildman–Crippen MR) is 137 cm³/mol. The van der Waals surface area contributed by atoms with Gasteiger partial charge in [0.05, 0.1) is 7.11 Å². The van der Waals surface area contributed by atoms with Crippen LogP contribution in [-0.4, -0.2) is 39.4 Å². The number of halogens is 1. The van der Waals surface area contributed by atoms with Crippen LogP contribution in [-0.2, 0) is 28.0 Å². The van der Waals surface area contributed by atoms with E-state index in [0.29, 0.717) is 11.3 Å². The maximum absolute atomic E-state index is 13.3. The number of nitrogens with zero attached hydrogens (tertiary/aromatic N) is 2. The van der Waals surface area contributed by atoms with Gasteiger partial charge in [-0.2, -0.15) is 8.42 Å². The minimum absolute atomic E-state index is 0.0165.